The number of nitrogens with zero attached hydrogens (tertiary/aromatic N) is 5. The summed E-state index contributed by atoms with van der Waals surface area (Å²) in [6.07, 6.45) is 8.54. The molecule has 0 radical (unpaired) electrons. The van der Waals surface area contributed by atoms with E-state index < -0.39 is 0 Å². The average Bonchev–Trinajstić information content (AvgIpc) is 3.19. The third-order valence-electron chi connectivity index (χ3n) is 5.57. The smallest absolute Gasteiger partial charge is 0.255 e. The van der Waals surface area contributed by atoms with Gasteiger partial charge in [0.05, 0.1) is 17.3 Å². The molecule has 1 aliphatic rings. The molecule has 30 heavy (non-hydrogen) atoms. The molecule has 0 saturated carbocycles. The van der Waals surface area contributed by atoms with Crippen LogP contribution in [0, 0.1) is 13.8 Å². The van der Waals surface area contributed by atoms with Gasteiger partial charge in [0, 0.05) is 55.1 Å². The number of rotatable bonds is 4. The van der Waals surface area contributed by atoms with Gasteiger partial charge < -0.3 is 9.80 Å². The molecule has 1 aliphatic heterocycles. The van der Waals surface area contributed by atoms with Crippen LogP contribution in [0.5, 0.6) is 0 Å². The summed E-state index contributed by atoms with van der Waals surface area (Å²) < 4.78 is 0. The van der Waals surface area contributed by atoms with E-state index in [1.165, 1.54) is 0 Å². The summed E-state index contributed by atoms with van der Waals surface area (Å²) in [5.41, 5.74) is 4.80. The standard InChI is InChI=1S/C23H27N5OS/c1-15-12-24-9-8-18(15)19-13-25-23(27(3)4)26-21(19)20-7-5-6-10-28(20)22(29)17-11-16(2)30-14-17/h8-9,11-14,20H,5-7,10H2,1-4H3/t20-/m1/s1. The van der Waals surface area contributed by atoms with Gasteiger partial charge in [0.1, 0.15) is 0 Å². The molecule has 0 aliphatic carbocycles. The molecule has 6 nitrogen and oxygen atoms in total. The highest BCUT2D eigenvalue weighted by Gasteiger charge is 2.32. The van der Waals surface area contributed by atoms with Gasteiger partial charge in [-0.15, -0.1) is 11.3 Å². The highest BCUT2D eigenvalue weighted by Crippen LogP contribution is 2.38. The van der Waals surface area contributed by atoms with Gasteiger partial charge in [-0.25, -0.2) is 9.97 Å². The van der Waals surface area contributed by atoms with Crippen molar-refractivity contribution >= 4 is 23.2 Å². The van der Waals surface area contributed by atoms with Gasteiger partial charge >= 0.3 is 0 Å². The van der Waals surface area contributed by atoms with E-state index in [1.807, 2.05) is 67.6 Å². The molecule has 1 saturated heterocycles. The lowest BCUT2D eigenvalue weighted by atomic mass is 9.92. The molecular formula is C23H27N5OS. The molecule has 0 aromatic carbocycles. The molecule has 3 aromatic rings. The predicted molar refractivity (Wildman–Crippen MR) is 121 cm³/mol. The topological polar surface area (TPSA) is 62.2 Å². The Labute approximate surface area is 181 Å². The molecule has 3 aromatic heterocycles. The van der Waals surface area contributed by atoms with Crippen LogP contribution in [0.3, 0.4) is 0 Å². The third-order valence-corrected chi connectivity index (χ3v) is 6.43. The number of amides is 1. The van der Waals surface area contributed by atoms with Crippen molar-refractivity contribution < 1.29 is 4.79 Å². The van der Waals surface area contributed by atoms with Crippen LogP contribution >= 0.6 is 11.3 Å². The summed E-state index contributed by atoms with van der Waals surface area (Å²) in [5, 5.41) is 1.96. The van der Waals surface area contributed by atoms with Gasteiger partial charge in [0.2, 0.25) is 5.95 Å². The van der Waals surface area contributed by atoms with E-state index in [2.05, 4.69) is 9.97 Å². The second kappa shape index (κ2) is 8.52. The van der Waals surface area contributed by atoms with Crippen molar-refractivity contribution in [2.75, 3.05) is 25.5 Å². The van der Waals surface area contributed by atoms with Crippen molar-refractivity contribution in [3.8, 4) is 11.1 Å². The molecule has 0 bridgehead atoms. The first-order valence-corrected chi connectivity index (χ1v) is 11.1. The first kappa shape index (κ1) is 20.5. The number of piperidine rings is 1. The molecule has 1 atom stereocenters. The second-order valence-corrected chi connectivity index (χ2v) is 9.13. The number of thiophene rings is 1. The second-order valence-electron chi connectivity index (χ2n) is 8.01. The highest BCUT2D eigenvalue weighted by molar-refractivity contribution is 7.10. The Morgan fingerprint density at radius 1 is 1.20 bits per heavy atom. The number of aryl methyl sites for hydroxylation is 2. The van der Waals surface area contributed by atoms with E-state index in [0.717, 1.165) is 58.6 Å². The van der Waals surface area contributed by atoms with Crippen molar-refractivity contribution in [1.29, 1.82) is 0 Å². The Morgan fingerprint density at radius 2 is 2.03 bits per heavy atom. The van der Waals surface area contributed by atoms with Crippen molar-refractivity contribution in [2.24, 2.45) is 0 Å². The van der Waals surface area contributed by atoms with E-state index in [0.29, 0.717) is 5.95 Å². The minimum atomic E-state index is -0.0734. The van der Waals surface area contributed by atoms with Gasteiger partial charge in [-0.05, 0) is 56.4 Å². The highest BCUT2D eigenvalue weighted by atomic mass is 32.1. The monoisotopic (exact) mass is 421 g/mol. The number of aromatic nitrogens is 3. The van der Waals surface area contributed by atoms with Crippen molar-refractivity contribution in [2.45, 2.75) is 39.2 Å². The Morgan fingerprint density at radius 3 is 2.73 bits per heavy atom. The normalized spacial score (nSPS) is 16.5. The minimum absolute atomic E-state index is 0.0734. The molecule has 1 fully saturated rings. The van der Waals surface area contributed by atoms with Gasteiger partial charge in [0.25, 0.3) is 5.91 Å². The molecule has 4 heterocycles. The molecule has 156 valence electrons. The summed E-state index contributed by atoms with van der Waals surface area (Å²) in [4.78, 5) is 32.2. The summed E-state index contributed by atoms with van der Waals surface area (Å²) >= 11 is 1.62. The van der Waals surface area contributed by atoms with Crippen LogP contribution in [0.2, 0.25) is 0 Å². The van der Waals surface area contributed by atoms with Crippen LogP contribution < -0.4 is 4.90 Å². The average molecular weight is 422 g/mol. The predicted octanol–water partition coefficient (Wildman–Crippen LogP) is 4.65. The SMILES string of the molecule is Cc1cc(C(=O)N2CCCC[C@@H]2c2nc(N(C)C)ncc2-c2ccncc2C)cs1. The van der Waals surface area contributed by atoms with Crippen LogP contribution in [0.4, 0.5) is 5.95 Å². The Hall–Kier alpha value is -2.80. The molecule has 1 amide bonds. The minimum Gasteiger partial charge on any atom is -0.347 e. The fourth-order valence-electron chi connectivity index (χ4n) is 4.02. The van der Waals surface area contributed by atoms with Gasteiger partial charge in [-0.2, -0.15) is 0 Å². The summed E-state index contributed by atoms with van der Waals surface area (Å²) in [7, 11) is 3.88. The largest absolute Gasteiger partial charge is 0.347 e. The number of carbonyl (C=O) groups excluding carboxylic acids is 1. The zero-order valence-electron chi connectivity index (χ0n) is 17.9. The maximum Gasteiger partial charge on any atom is 0.255 e. The summed E-state index contributed by atoms with van der Waals surface area (Å²) in [5.74, 6) is 0.747. The molecule has 7 heteroatoms. The lowest BCUT2D eigenvalue weighted by Gasteiger charge is -2.36. The lowest BCUT2D eigenvalue weighted by molar-refractivity contribution is 0.0607. The fourth-order valence-corrected chi connectivity index (χ4v) is 4.69. The van der Waals surface area contributed by atoms with Crippen LogP contribution in [0.25, 0.3) is 11.1 Å². The molecule has 0 unspecified atom stereocenters. The summed E-state index contributed by atoms with van der Waals surface area (Å²) in [6, 6.07) is 3.91. The zero-order valence-corrected chi connectivity index (χ0v) is 18.7. The third kappa shape index (κ3) is 3.94. The Balaban J connectivity index is 1.82. The molecule has 0 spiro atoms. The maximum atomic E-state index is 13.4. The molecule has 4 rings (SSSR count). The first-order chi connectivity index (χ1) is 14.5. The van der Waals surface area contributed by atoms with Crippen LogP contribution in [-0.2, 0) is 0 Å². The first-order valence-electron chi connectivity index (χ1n) is 10.3. The number of carbonyl (C=O) groups is 1. The Kier molecular flexibility index (Phi) is 5.81. The van der Waals surface area contributed by atoms with Gasteiger partial charge in [-0.1, -0.05) is 0 Å². The molecule has 0 N–H and O–H groups in total. The van der Waals surface area contributed by atoms with Crippen LogP contribution in [0.15, 0.2) is 36.1 Å². The molecular weight excluding hydrogens is 394 g/mol. The number of likely N-dealkylation sites (tertiary alicyclic amines) is 1. The Bertz CT molecular complexity index is 1060. The van der Waals surface area contributed by atoms with E-state index in [4.69, 9.17) is 4.98 Å². The number of pyridine rings is 1. The number of anilines is 1. The van der Waals surface area contributed by atoms with E-state index in [-0.39, 0.29) is 11.9 Å². The van der Waals surface area contributed by atoms with E-state index >= 15 is 0 Å². The summed E-state index contributed by atoms with van der Waals surface area (Å²) in [6.45, 7) is 4.82. The number of hydrogen-bond donors (Lipinski definition) is 0. The van der Waals surface area contributed by atoms with E-state index in [1.54, 1.807) is 17.5 Å². The van der Waals surface area contributed by atoms with Crippen molar-refractivity contribution in [3.63, 3.8) is 0 Å². The quantitative estimate of drug-likeness (QED) is 0.614. The van der Waals surface area contributed by atoms with Crippen molar-refractivity contribution in [1.82, 2.24) is 19.9 Å². The lowest BCUT2D eigenvalue weighted by Crippen LogP contribution is -2.39. The van der Waals surface area contributed by atoms with Crippen molar-refractivity contribution in [3.05, 3.63) is 57.8 Å². The van der Waals surface area contributed by atoms with Gasteiger partial charge in [-0.3, -0.25) is 9.78 Å². The van der Waals surface area contributed by atoms with Crippen LogP contribution in [-0.4, -0.2) is 46.4 Å². The van der Waals surface area contributed by atoms with Gasteiger partial charge in [0.15, 0.2) is 0 Å². The maximum absolute atomic E-state index is 13.4. The van der Waals surface area contributed by atoms with E-state index in [9.17, 15) is 4.79 Å². The number of hydrogen-bond acceptors (Lipinski definition) is 6. The fraction of sp³-hybridized carbons (Fsp3) is 0.391. The zero-order chi connectivity index (χ0) is 21.3. The van der Waals surface area contributed by atoms with Crippen LogP contribution in [0.1, 0.15) is 51.8 Å².